The largest absolute Gasteiger partial charge is 0.324 e. The zero-order valence-corrected chi connectivity index (χ0v) is 16.3. The first kappa shape index (κ1) is 19.0. The van der Waals surface area contributed by atoms with Gasteiger partial charge in [-0.2, -0.15) is 0 Å². The van der Waals surface area contributed by atoms with Gasteiger partial charge in [0.05, 0.1) is 11.7 Å². The molecule has 0 saturated heterocycles. The SMILES string of the molecule is CCc1cc2c(=O)n(C(CC)C(=O)Nc3ccc(C(C)=O)cc3)cnc2s1. The van der Waals surface area contributed by atoms with Gasteiger partial charge < -0.3 is 5.32 Å². The van der Waals surface area contributed by atoms with Crippen LogP contribution in [0.4, 0.5) is 5.69 Å². The molecule has 0 aliphatic carbocycles. The highest BCUT2D eigenvalue weighted by Gasteiger charge is 2.21. The molecule has 27 heavy (non-hydrogen) atoms. The number of fused-ring (bicyclic) bond motifs is 1. The monoisotopic (exact) mass is 383 g/mol. The van der Waals surface area contributed by atoms with E-state index in [1.54, 1.807) is 24.3 Å². The van der Waals surface area contributed by atoms with Crippen LogP contribution in [0, 0.1) is 0 Å². The number of anilines is 1. The molecule has 6 nitrogen and oxygen atoms in total. The number of amides is 1. The molecule has 0 saturated carbocycles. The van der Waals surface area contributed by atoms with Crippen molar-refractivity contribution in [2.75, 3.05) is 5.32 Å². The van der Waals surface area contributed by atoms with Crippen LogP contribution in [-0.4, -0.2) is 21.2 Å². The third-order valence-electron chi connectivity index (χ3n) is 4.46. The Balaban J connectivity index is 1.88. The second-order valence-corrected chi connectivity index (χ2v) is 7.40. The van der Waals surface area contributed by atoms with E-state index in [9.17, 15) is 14.4 Å². The highest BCUT2D eigenvalue weighted by molar-refractivity contribution is 7.18. The minimum atomic E-state index is -0.660. The van der Waals surface area contributed by atoms with Gasteiger partial charge in [-0.15, -0.1) is 11.3 Å². The van der Waals surface area contributed by atoms with Crippen molar-refractivity contribution in [2.24, 2.45) is 0 Å². The number of aryl methyl sites for hydroxylation is 1. The van der Waals surface area contributed by atoms with Gasteiger partial charge in [0.25, 0.3) is 5.56 Å². The van der Waals surface area contributed by atoms with Crippen LogP contribution in [0.1, 0.15) is 48.5 Å². The van der Waals surface area contributed by atoms with E-state index >= 15 is 0 Å². The molecule has 1 unspecified atom stereocenters. The van der Waals surface area contributed by atoms with Crippen molar-refractivity contribution in [1.29, 1.82) is 0 Å². The van der Waals surface area contributed by atoms with Crippen molar-refractivity contribution >= 4 is 38.9 Å². The van der Waals surface area contributed by atoms with Gasteiger partial charge >= 0.3 is 0 Å². The predicted molar refractivity (Wildman–Crippen MR) is 108 cm³/mol. The zero-order chi connectivity index (χ0) is 19.6. The molecule has 1 aromatic carbocycles. The average molecular weight is 383 g/mol. The molecule has 0 radical (unpaired) electrons. The number of carbonyl (C=O) groups is 2. The first-order valence-electron chi connectivity index (χ1n) is 8.86. The second-order valence-electron chi connectivity index (χ2n) is 6.29. The van der Waals surface area contributed by atoms with Gasteiger partial charge in [0.1, 0.15) is 10.9 Å². The third-order valence-corrected chi connectivity index (χ3v) is 5.65. The number of nitrogens with one attached hydrogen (secondary N) is 1. The Morgan fingerprint density at radius 1 is 1.22 bits per heavy atom. The predicted octanol–water partition coefficient (Wildman–Crippen LogP) is 3.81. The second kappa shape index (κ2) is 7.84. The summed E-state index contributed by atoms with van der Waals surface area (Å²) in [6, 6.07) is 7.88. The van der Waals surface area contributed by atoms with Gasteiger partial charge in [0.2, 0.25) is 5.91 Å². The maximum absolute atomic E-state index is 12.8. The maximum Gasteiger partial charge on any atom is 0.262 e. The van der Waals surface area contributed by atoms with Crippen LogP contribution in [-0.2, 0) is 11.2 Å². The van der Waals surface area contributed by atoms with Crippen molar-refractivity contribution in [3.63, 3.8) is 0 Å². The fraction of sp³-hybridized carbons (Fsp3) is 0.300. The summed E-state index contributed by atoms with van der Waals surface area (Å²) in [5, 5.41) is 3.37. The first-order chi connectivity index (χ1) is 12.9. The highest BCUT2D eigenvalue weighted by Crippen LogP contribution is 2.22. The van der Waals surface area contributed by atoms with E-state index in [-0.39, 0.29) is 17.2 Å². The lowest BCUT2D eigenvalue weighted by atomic mass is 10.1. The van der Waals surface area contributed by atoms with Gasteiger partial charge in [-0.3, -0.25) is 19.0 Å². The fourth-order valence-corrected chi connectivity index (χ4v) is 3.83. The van der Waals surface area contributed by atoms with E-state index in [1.807, 2.05) is 19.9 Å². The van der Waals surface area contributed by atoms with Crippen molar-refractivity contribution in [3.05, 3.63) is 57.5 Å². The number of carbonyl (C=O) groups excluding carboxylic acids is 2. The Hall–Kier alpha value is -2.80. The number of aromatic nitrogens is 2. The summed E-state index contributed by atoms with van der Waals surface area (Å²) in [5.41, 5.74) is 0.953. The molecule has 0 bridgehead atoms. The summed E-state index contributed by atoms with van der Waals surface area (Å²) in [6.07, 6.45) is 2.75. The lowest BCUT2D eigenvalue weighted by Crippen LogP contribution is -2.33. The average Bonchev–Trinajstić information content (AvgIpc) is 3.09. The molecule has 140 valence electrons. The Morgan fingerprint density at radius 3 is 2.52 bits per heavy atom. The van der Waals surface area contributed by atoms with Crippen LogP contribution in [0.2, 0.25) is 0 Å². The number of rotatable bonds is 6. The number of thiophene rings is 1. The number of benzene rings is 1. The molecule has 1 atom stereocenters. The summed E-state index contributed by atoms with van der Waals surface area (Å²) in [4.78, 5) is 43.1. The molecule has 0 fully saturated rings. The van der Waals surface area contributed by atoms with Crippen molar-refractivity contribution in [2.45, 2.75) is 39.7 Å². The Morgan fingerprint density at radius 2 is 1.93 bits per heavy atom. The Bertz CT molecular complexity index is 1050. The van der Waals surface area contributed by atoms with Crippen molar-refractivity contribution < 1.29 is 9.59 Å². The summed E-state index contributed by atoms with van der Waals surface area (Å²) >= 11 is 1.50. The maximum atomic E-state index is 12.8. The molecule has 2 aromatic heterocycles. The van der Waals surface area contributed by atoms with Gasteiger partial charge in [-0.05, 0) is 50.1 Å². The molecule has 2 heterocycles. The lowest BCUT2D eigenvalue weighted by molar-refractivity contribution is -0.119. The lowest BCUT2D eigenvalue weighted by Gasteiger charge is -2.17. The van der Waals surface area contributed by atoms with Crippen LogP contribution < -0.4 is 10.9 Å². The normalized spacial score (nSPS) is 12.1. The number of ketones is 1. The van der Waals surface area contributed by atoms with E-state index in [4.69, 9.17) is 0 Å². The van der Waals surface area contributed by atoms with Crippen molar-refractivity contribution in [1.82, 2.24) is 9.55 Å². The van der Waals surface area contributed by atoms with Gasteiger partial charge in [0.15, 0.2) is 5.78 Å². The molecule has 3 rings (SSSR count). The summed E-state index contributed by atoms with van der Waals surface area (Å²) in [6.45, 7) is 5.37. The van der Waals surface area contributed by atoms with E-state index < -0.39 is 6.04 Å². The molecule has 7 heteroatoms. The fourth-order valence-electron chi connectivity index (χ4n) is 2.91. The summed E-state index contributed by atoms with van der Waals surface area (Å²) in [7, 11) is 0. The molecular formula is C20H21N3O3S. The van der Waals surface area contributed by atoms with Gasteiger partial charge in [-0.1, -0.05) is 13.8 Å². The van der Waals surface area contributed by atoms with Crippen molar-refractivity contribution in [3.8, 4) is 0 Å². The van der Waals surface area contributed by atoms with Crippen LogP contribution >= 0.6 is 11.3 Å². The molecule has 0 aliphatic heterocycles. The third kappa shape index (κ3) is 3.83. The first-order valence-corrected chi connectivity index (χ1v) is 9.67. The Labute approximate surface area is 160 Å². The van der Waals surface area contributed by atoms with Crippen LogP contribution in [0.3, 0.4) is 0 Å². The van der Waals surface area contributed by atoms with E-state index in [1.165, 1.54) is 29.2 Å². The molecule has 0 aliphatic rings. The van der Waals surface area contributed by atoms with Crippen LogP contribution in [0.5, 0.6) is 0 Å². The smallest absolute Gasteiger partial charge is 0.262 e. The Kier molecular flexibility index (Phi) is 5.51. The van der Waals surface area contributed by atoms with Gasteiger partial charge in [-0.25, -0.2) is 4.98 Å². The topological polar surface area (TPSA) is 81.1 Å². The molecular weight excluding hydrogens is 362 g/mol. The van der Waals surface area contributed by atoms with Crippen LogP contribution in [0.15, 0.2) is 41.5 Å². The van der Waals surface area contributed by atoms with Crippen LogP contribution in [0.25, 0.3) is 10.2 Å². The summed E-state index contributed by atoms with van der Waals surface area (Å²) in [5.74, 6) is -0.324. The minimum Gasteiger partial charge on any atom is -0.324 e. The zero-order valence-electron chi connectivity index (χ0n) is 15.5. The number of Topliss-reactive ketones (excluding diaryl/α,β-unsaturated/α-hetero) is 1. The van der Waals surface area contributed by atoms with E-state index in [2.05, 4.69) is 10.3 Å². The van der Waals surface area contributed by atoms with E-state index in [0.717, 1.165) is 11.3 Å². The minimum absolute atomic E-state index is 0.0348. The summed E-state index contributed by atoms with van der Waals surface area (Å²) < 4.78 is 1.40. The highest BCUT2D eigenvalue weighted by atomic mass is 32.1. The molecule has 1 N–H and O–H groups in total. The number of hydrogen-bond donors (Lipinski definition) is 1. The molecule has 3 aromatic rings. The quantitative estimate of drug-likeness (QED) is 0.656. The molecule has 1 amide bonds. The standard InChI is InChI=1S/C20H21N3O3S/c1-4-15-10-16-19(27-15)21-11-23(20(16)26)17(5-2)18(25)22-14-8-6-13(7-9-14)12(3)24/h6-11,17H,4-5H2,1-3H3,(H,22,25). The number of nitrogens with zero attached hydrogens (tertiary/aromatic N) is 2. The van der Waals surface area contributed by atoms with E-state index in [0.29, 0.717) is 27.9 Å². The number of hydrogen-bond acceptors (Lipinski definition) is 5. The van der Waals surface area contributed by atoms with Gasteiger partial charge in [0, 0.05) is 16.1 Å². The molecule has 0 spiro atoms.